The highest BCUT2D eigenvalue weighted by Gasteiger charge is 2.28. The summed E-state index contributed by atoms with van der Waals surface area (Å²) in [4.78, 5) is 36.9. The first-order chi connectivity index (χ1) is 11.4. The number of piperidine rings is 1. The lowest BCUT2D eigenvalue weighted by molar-refractivity contribution is -0.148. The highest BCUT2D eigenvalue weighted by Crippen LogP contribution is 2.18. The van der Waals surface area contributed by atoms with Gasteiger partial charge in [-0.05, 0) is 25.0 Å². The highest BCUT2D eigenvalue weighted by molar-refractivity contribution is 5.96. The summed E-state index contributed by atoms with van der Waals surface area (Å²) < 4.78 is 31.0. The molecule has 24 heavy (non-hydrogen) atoms. The fourth-order valence-electron chi connectivity index (χ4n) is 2.57. The van der Waals surface area contributed by atoms with Crippen molar-refractivity contribution in [2.24, 2.45) is 5.92 Å². The number of hydrogen-bond acceptors (Lipinski definition) is 4. The average molecular weight is 340 g/mol. The fraction of sp³-hybridized carbons (Fsp3) is 0.438. The Kier molecular flexibility index (Phi) is 5.83. The van der Waals surface area contributed by atoms with Gasteiger partial charge in [0.1, 0.15) is 11.6 Å². The molecule has 0 aromatic heterocycles. The van der Waals surface area contributed by atoms with E-state index >= 15 is 0 Å². The molecule has 0 bridgehead atoms. The minimum absolute atomic E-state index is 0.220. The molecule has 0 spiro atoms. The van der Waals surface area contributed by atoms with E-state index in [-0.39, 0.29) is 29.9 Å². The number of benzene rings is 1. The van der Waals surface area contributed by atoms with Gasteiger partial charge in [0.05, 0.1) is 25.1 Å². The topological polar surface area (TPSA) is 75.7 Å². The van der Waals surface area contributed by atoms with Crippen LogP contribution in [-0.2, 0) is 14.3 Å². The molecule has 1 N–H and O–H groups in total. The molecule has 130 valence electrons. The summed E-state index contributed by atoms with van der Waals surface area (Å²) in [6.45, 7) is 0.483. The Bertz CT molecular complexity index is 643. The Morgan fingerprint density at radius 3 is 2.50 bits per heavy atom. The van der Waals surface area contributed by atoms with Gasteiger partial charge in [-0.25, -0.2) is 8.78 Å². The molecule has 2 rings (SSSR count). The fourth-order valence-corrected chi connectivity index (χ4v) is 2.57. The van der Waals surface area contributed by atoms with Crippen LogP contribution < -0.4 is 5.32 Å². The number of likely N-dealkylation sites (tertiary alicyclic amines) is 1. The van der Waals surface area contributed by atoms with Gasteiger partial charge in [0.2, 0.25) is 5.91 Å². The molecule has 1 aromatic rings. The van der Waals surface area contributed by atoms with Crippen LogP contribution in [0.2, 0.25) is 0 Å². The third-order valence-electron chi connectivity index (χ3n) is 3.96. The number of amides is 2. The first-order valence-corrected chi connectivity index (χ1v) is 7.51. The number of ether oxygens (including phenoxy) is 1. The minimum Gasteiger partial charge on any atom is -0.469 e. The summed E-state index contributed by atoms with van der Waals surface area (Å²) >= 11 is 0. The van der Waals surface area contributed by atoms with Crippen molar-refractivity contribution in [2.45, 2.75) is 12.8 Å². The van der Waals surface area contributed by atoms with E-state index in [2.05, 4.69) is 10.1 Å². The minimum atomic E-state index is -0.987. The van der Waals surface area contributed by atoms with E-state index in [9.17, 15) is 23.2 Å². The molecule has 0 saturated carbocycles. The Labute approximate surface area is 137 Å². The maximum absolute atomic E-state index is 13.5. The highest BCUT2D eigenvalue weighted by atomic mass is 19.1. The molecule has 1 heterocycles. The molecule has 8 heteroatoms. The van der Waals surface area contributed by atoms with E-state index in [1.54, 1.807) is 0 Å². The summed E-state index contributed by atoms with van der Waals surface area (Å²) in [7, 11) is 1.32. The van der Waals surface area contributed by atoms with Gasteiger partial charge in [-0.15, -0.1) is 0 Å². The van der Waals surface area contributed by atoms with E-state index < -0.39 is 17.5 Å². The number of methoxy groups -OCH3 is 1. The SMILES string of the molecule is COC(=O)C1CCN(C(=O)CNC(=O)c2ccc(F)cc2F)CC1. The van der Waals surface area contributed by atoms with Gasteiger partial charge >= 0.3 is 5.97 Å². The van der Waals surface area contributed by atoms with Crippen molar-refractivity contribution in [3.63, 3.8) is 0 Å². The van der Waals surface area contributed by atoms with Gasteiger partial charge in [0, 0.05) is 19.2 Å². The number of halogens is 2. The van der Waals surface area contributed by atoms with Crippen molar-refractivity contribution in [3.05, 3.63) is 35.4 Å². The summed E-state index contributed by atoms with van der Waals surface area (Å²) in [6, 6.07) is 2.60. The van der Waals surface area contributed by atoms with Crippen molar-refractivity contribution in [3.8, 4) is 0 Å². The van der Waals surface area contributed by atoms with Gasteiger partial charge in [0.15, 0.2) is 0 Å². The molecule has 0 atom stereocenters. The first-order valence-electron chi connectivity index (χ1n) is 7.51. The lowest BCUT2D eigenvalue weighted by Gasteiger charge is -2.30. The van der Waals surface area contributed by atoms with Crippen LogP contribution >= 0.6 is 0 Å². The molecule has 1 aliphatic heterocycles. The Balaban J connectivity index is 1.83. The van der Waals surface area contributed by atoms with Crippen molar-refractivity contribution in [1.82, 2.24) is 10.2 Å². The molecule has 1 aromatic carbocycles. The summed E-state index contributed by atoms with van der Waals surface area (Å²) in [5, 5.41) is 2.32. The van der Waals surface area contributed by atoms with Crippen LogP contribution in [0.5, 0.6) is 0 Å². The smallest absolute Gasteiger partial charge is 0.308 e. The number of nitrogens with zero attached hydrogens (tertiary/aromatic N) is 1. The molecular formula is C16H18F2N2O4. The number of hydrogen-bond donors (Lipinski definition) is 1. The summed E-state index contributed by atoms with van der Waals surface area (Å²) in [6.07, 6.45) is 0.998. The zero-order valence-electron chi connectivity index (χ0n) is 13.2. The van der Waals surface area contributed by atoms with Crippen molar-refractivity contribution < 1.29 is 27.9 Å². The number of nitrogens with one attached hydrogen (secondary N) is 1. The van der Waals surface area contributed by atoms with Crippen LogP contribution in [0.4, 0.5) is 8.78 Å². The van der Waals surface area contributed by atoms with E-state index in [4.69, 9.17) is 0 Å². The van der Waals surface area contributed by atoms with Gasteiger partial charge in [-0.2, -0.15) is 0 Å². The van der Waals surface area contributed by atoms with Gasteiger partial charge in [-0.3, -0.25) is 14.4 Å². The molecule has 6 nitrogen and oxygen atoms in total. The van der Waals surface area contributed by atoms with Crippen molar-refractivity contribution >= 4 is 17.8 Å². The lowest BCUT2D eigenvalue weighted by atomic mass is 9.97. The molecule has 1 fully saturated rings. The quantitative estimate of drug-likeness (QED) is 0.833. The van der Waals surface area contributed by atoms with Crippen LogP contribution in [0.1, 0.15) is 23.2 Å². The maximum atomic E-state index is 13.5. The van der Waals surface area contributed by atoms with Gasteiger partial charge < -0.3 is 15.0 Å². The summed E-state index contributed by atoms with van der Waals surface area (Å²) in [5.74, 6) is -3.39. The zero-order valence-corrected chi connectivity index (χ0v) is 13.2. The van der Waals surface area contributed by atoms with E-state index in [1.165, 1.54) is 12.0 Å². The molecule has 0 radical (unpaired) electrons. The normalized spacial score (nSPS) is 15.0. The van der Waals surface area contributed by atoms with E-state index in [0.717, 1.165) is 12.1 Å². The number of esters is 1. The second-order valence-electron chi connectivity index (χ2n) is 5.49. The molecule has 0 aliphatic carbocycles. The molecule has 0 unspecified atom stereocenters. The Morgan fingerprint density at radius 1 is 1.25 bits per heavy atom. The number of carbonyl (C=O) groups is 3. The third-order valence-corrected chi connectivity index (χ3v) is 3.96. The standard InChI is InChI=1S/C16H18F2N2O4/c1-24-16(23)10-4-6-20(7-5-10)14(21)9-19-15(22)12-3-2-11(17)8-13(12)18/h2-3,8,10H,4-7,9H2,1H3,(H,19,22). The predicted octanol–water partition coefficient (Wildman–Crippen LogP) is 1.11. The van der Waals surface area contributed by atoms with Crippen LogP contribution in [0, 0.1) is 17.6 Å². The van der Waals surface area contributed by atoms with Crippen LogP contribution in [0.15, 0.2) is 18.2 Å². The predicted molar refractivity (Wildman–Crippen MR) is 80.0 cm³/mol. The average Bonchev–Trinajstić information content (AvgIpc) is 2.58. The molecule has 2 amide bonds. The second kappa shape index (κ2) is 7.85. The Hall–Kier alpha value is -2.51. The maximum Gasteiger partial charge on any atom is 0.308 e. The van der Waals surface area contributed by atoms with Crippen LogP contribution in [0.25, 0.3) is 0 Å². The van der Waals surface area contributed by atoms with Crippen molar-refractivity contribution in [1.29, 1.82) is 0 Å². The molecule has 1 aliphatic rings. The Morgan fingerprint density at radius 2 is 1.92 bits per heavy atom. The largest absolute Gasteiger partial charge is 0.469 e. The molecule has 1 saturated heterocycles. The van der Waals surface area contributed by atoms with Crippen LogP contribution in [0.3, 0.4) is 0 Å². The van der Waals surface area contributed by atoms with Gasteiger partial charge in [-0.1, -0.05) is 0 Å². The summed E-state index contributed by atoms with van der Waals surface area (Å²) in [5.41, 5.74) is -0.325. The second-order valence-corrected chi connectivity index (χ2v) is 5.49. The van der Waals surface area contributed by atoms with Gasteiger partial charge in [0.25, 0.3) is 5.91 Å². The first kappa shape index (κ1) is 17.8. The zero-order chi connectivity index (χ0) is 17.7. The van der Waals surface area contributed by atoms with E-state index in [0.29, 0.717) is 32.0 Å². The number of rotatable bonds is 4. The monoisotopic (exact) mass is 340 g/mol. The van der Waals surface area contributed by atoms with Crippen LogP contribution in [-0.4, -0.2) is 49.4 Å². The van der Waals surface area contributed by atoms with E-state index in [1.807, 2.05) is 0 Å². The third kappa shape index (κ3) is 4.27. The molecular weight excluding hydrogens is 322 g/mol. The van der Waals surface area contributed by atoms with Crippen molar-refractivity contribution in [2.75, 3.05) is 26.7 Å². The number of carbonyl (C=O) groups excluding carboxylic acids is 3. The lowest BCUT2D eigenvalue weighted by Crippen LogP contribution is -2.45.